The molecule has 1 aliphatic heterocycles. The van der Waals surface area contributed by atoms with E-state index in [1.165, 1.54) is 29.2 Å². The maximum absolute atomic E-state index is 13.8. The maximum Gasteiger partial charge on any atom is 0.410 e. The number of hydrogen-bond acceptors (Lipinski definition) is 7. The predicted octanol–water partition coefficient (Wildman–Crippen LogP) is 5.60. The summed E-state index contributed by atoms with van der Waals surface area (Å²) in [6.07, 6.45) is -1.04. The lowest BCUT2D eigenvalue weighted by Crippen LogP contribution is -2.41. The van der Waals surface area contributed by atoms with Gasteiger partial charge in [-0.15, -0.1) is 0 Å². The van der Waals surface area contributed by atoms with E-state index in [1.54, 1.807) is 65.8 Å². The molecule has 0 aliphatic carbocycles. The van der Waals surface area contributed by atoms with Gasteiger partial charge in [-0.1, -0.05) is 12.1 Å². The number of benzene rings is 2. The number of carbonyl (C=O) groups excluding carboxylic acids is 2. The fraction of sp³-hybridized carbons (Fsp3) is 0.500. The standard InChI is InChI=1S/C28H36FNO7S/c1-26(2,3)36-24(31)19-28(15-16-30(17-18-38(28,33)34)25(32)37-27(4,5)6)20-7-11-22(12-8-20)35-23-13-9-21(29)10-14-23/h7-14H,15-19H2,1-6H3. The highest BCUT2D eigenvalue weighted by Crippen LogP contribution is 2.42. The van der Waals surface area contributed by atoms with Gasteiger partial charge in [0.2, 0.25) is 0 Å². The number of sulfone groups is 1. The summed E-state index contributed by atoms with van der Waals surface area (Å²) in [5.41, 5.74) is -1.15. The van der Waals surface area contributed by atoms with Crippen LogP contribution in [0.3, 0.4) is 0 Å². The van der Waals surface area contributed by atoms with E-state index in [0.29, 0.717) is 17.1 Å². The van der Waals surface area contributed by atoms with Gasteiger partial charge in [0.25, 0.3) is 0 Å². The van der Waals surface area contributed by atoms with Gasteiger partial charge in [0.05, 0.1) is 12.2 Å². The lowest BCUT2D eigenvalue weighted by molar-refractivity contribution is -0.155. The van der Waals surface area contributed by atoms with E-state index in [1.807, 2.05) is 0 Å². The van der Waals surface area contributed by atoms with E-state index in [2.05, 4.69) is 0 Å². The van der Waals surface area contributed by atoms with E-state index in [0.717, 1.165) is 0 Å². The Morgan fingerprint density at radius 2 is 1.39 bits per heavy atom. The van der Waals surface area contributed by atoms with Crippen molar-refractivity contribution in [3.63, 3.8) is 0 Å². The Bertz CT molecular complexity index is 1250. The van der Waals surface area contributed by atoms with Crippen LogP contribution in [0.4, 0.5) is 9.18 Å². The first kappa shape index (κ1) is 29.4. The Balaban J connectivity index is 1.97. The van der Waals surface area contributed by atoms with E-state index in [4.69, 9.17) is 14.2 Å². The first-order valence-electron chi connectivity index (χ1n) is 12.5. The summed E-state index contributed by atoms with van der Waals surface area (Å²) in [6, 6.07) is 11.9. The van der Waals surface area contributed by atoms with Crippen LogP contribution in [0.1, 0.15) is 59.9 Å². The molecule has 2 aromatic carbocycles. The summed E-state index contributed by atoms with van der Waals surface area (Å²) in [7, 11) is -3.94. The van der Waals surface area contributed by atoms with E-state index in [9.17, 15) is 22.4 Å². The Morgan fingerprint density at radius 3 is 1.92 bits per heavy atom. The largest absolute Gasteiger partial charge is 0.460 e. The van der Waals surface area contributed by atoms with Crippen LogP contribution in [0, 0.1) is 5.82 Å². The summed E-state index contributed by atoms with van der Waals surface area (Å²) < 4.78 is 56.0. The van der Waals surface area contributed by atoms with Crippen molar-refractivity contribution in [3.8, 4) is 11.5 Å². The number of ether oxygens (including phenoxy) is 3. The fourth-order valence-corrected chi connectivity index (χ4v) is 6.30. The molecule has 208 valence electrons. The molecule has 1 saturated heterocycles. The zero-order chi connectivity index (χ0) is 28.4. The number of rotatable bonds is 5. The number of nitrogens with zero attached hydrogens (tertiary/aromatic N) is 1. The van der Waals surface area contributed by atoms with Gasteiger partial charge in [-0.25, -0.2) is 17.6 Å². The van der Waals surface area contributed by atoms with Crippen LogP contribution >= 0.6 is 0 Å². The van der Waals surface area contributed by atoms with Gasteiger partial charge >= 0.3 is 12.1 Å². The number of halogens is 1. The minimum absolute atomic E-state index is 0.0218. The molecule has 0 bridgehead atoms. The highest BCUT2D eigenvalue weighted by Gasteiger charge is 2.50. The van der Waals surface area contributed by atoms with Crippen LogP contribution in [0.5, 0.6) is 11.5 Å². The van der Waals surface area contributed by atoms with Gasteiger partial charge in [-0.3, -0.25) is 4.79 Å². The first-order chi connectivity index (χ1) is 17.5. The van der Waals surface area contributed by atoms with Gasteiger partial charge in [-0.2, -0.15) is 0 Å². The molecule has 38 heavy (non-hydrogen) atoms. The summed E-state index contributed by atoms with van der Waals surface area (Å²) in [6.45, 7) is 10.4. The van der Waals surface area contributed by atoms with Crippen LogP contribution in [0.25, 0.3) is 0 Å². The summed E-state index contributed by atoms with van der Waals surface area (Å²) in [5.74, 6) is -0.566. The van der Waals surface area contributed by atoms with Crippen molar-refractivity contribution in [1.82, 2.24) is 4.90 Å². The van der Waals surface area contributed by atoms with Crippen molar-refractivity contribution in [1.29, 1.82) is 0 Å². The topological polar surface area (TPSA) is 99.2 Å². The number of esters is 1. The van der Waals surface area contributed by atoms with Crippen LogP contribution < -0.4 is 4.74 Å². The third kappa shape index (κ3) is 7.46. The lowest BCUT2D eigenvalue weighted by Gasteiger charge is -2.33. The minimum atomic E-state index is -3.94. The average molecular weight is 550 g/mol. The van der Waals surface area contributed by atoms with Gasteiger partial charge in [-0.05, 0) is 89.9 Å². The van der Waals surface area contributed by atoms with Crippen LogP contribution in [-0.4, -0.2) is 55.4 Å². The molecule has 0 aromatic heterocycles. The predicted molar refractivity (Wildman–Crippen MR) is 141 cm³/mol. The van der Waals surface area contributed by atoms with Crippen molar-refractivity contribution < 1.29 is 36.6 Å². The summed E-state index contributed by atoms with van der Waals surface area (Å²) in [5, 5.41) is 0. The lowest BCUT2D eigenvalue weighted by atomic mass is 9.90. The zero-order valence-electron chi connectivity index (χ0n) is 22.7. The molecular formula is C28H36FNO7S. The molecule has 8 nitrogen and oxygen atoms in total. The first-order valence-corrected chi connectivity index (χ1v) is 14.1. The molecule has 1 aliphatic rings. The second kappa shape index (κ2) is 10.9. The van der Waals surface area contributed by atoms with Crippen LogP contribution in [0.2, 0.25) is 0 Å². The Labute approximate surface area is 224 Å². The Kier molecular flexibility index (Phi) is 8.45. The molecule has 10 heteroatoms. The molecule has 2 aromatic rings. The Morgan fingerprint density at radius 1 is 0.868 bits per heavy atom. The highest BCUT2D eigenvalue weighted by molar-refractivity contribution is 7.92. The molecule has 1 unspecified atom stereocenters. The molecule has 1 fully saturated rings. The smallest absolute Gasteiger partial charge is 0.410 e. The molecule has 0 saturated carbocycles. The third-order valence-electron chi connectivity index (χ3n) is 5.94. The van der Waals surface area contributed by atoms with Gasteiger partial charge < -0.3 is 19.1 Å². The fourth-order valence-electron chi connectivity index (χ4n) is 4.22. The minimum Gasteiger partial charge on any atom is -0.460 e. The third-order valence-corrected chi connectivity index (χ3v) is 8.44. The Hall–Kier alpha value is -3.14. The molecular weight excluding hydrogens is 513 g/mol. The molecule has 0 N–H and O–H groups in total. The van der Waals surface area contributed by atoms with Crippen LogP contribution in [0.15, 0.2) is 48.5 Å². The molecule has 0 spiro atoms. The van der Waals surface area contributed by atoms with Gasteiger partial charge in [0, 0.05) is 13.1 Å². The number of carbonyl (C=O) groups is 2. The van der Waals surface area contributed by atoms with Crippen molar-refractivity contribution in [2.24, 2.45) is 0 Å². The quantitative estimate of drug-likeness (QED) is 0.448. The van der Waals surface area contributed by atoms with Crippen LogP contribution in [-0.2, 0) is 28.9 Å². The monoisotopic (exact) mass is 549 g/mol. The summed E-state index contributed by atoms with van der Waals surface area (Å²) in [4.78, 5) is 27.1. The molecule has 1 heterocycles. The number of hydrogen-bond donors (Lipinski definition) is 0. The van der Waals surface area contributed by atoms with E-state index >= 15 is 0 Å². The van der Waals surface area contributed by atoms with Gasteiger partial charge in [0.15, 0.2) is 9.84 Å². The van der Waals surface area contributed by atoms with Crippen molar-refractivity contribution in [3.05, 3.63) is 59.9 Å². The SMILES string of the molecule is CC(C)(C)OC(=O)CC1(c2ccc(Oc3ccc(F)cc3)cc2)CCN(C(=O)OC(C)(C)C)CCS1(=O)=O. The molecule has 1 atom stereocenters. The van der Waals surface area contributed by atoms with Crippen molar-refractivity contribution in [2.45, 2.75) is 70.3 Å². The summed E-state index contributed by atoms with van der Waals surface area (Å²) >= 11 is 0. The second-order valence-corrected chi connectivity index (χ2v) is 13.8. The van der Waals surface area contributed by atoms with Crippen molar-refractivity contribution >= 4 is 21.9 Å². The molecule has 0 radical (unpaired) electrons. The molecule has 3 rings (SSSR count). The normalized spacial score (nSPS) is 19.8. The van der Waals surface area contributed by atoms with E-state index in [-0.39, 0.29) is 25.3 Å². The highest BCUT2D eigenvalue weighted by atomic mass is 32.2. The average Bonchev–Trinajstić information content (AvgIpc) is 2.90. The molecule has 1 amide bonds. The maximum atomic E-state index is 13.8. The number of amides is 1. The van der Waals surface area contributed by atoms with Gasteiger partial charge in [0.1, 0.15) is 33.3 Å². The zero-order valence-corrected chi connectivity index (χ0v) is 23.6. The second-order valence-electron chi connectivity index (χ2n) is 11.4. The van der Waals surface area contributed by atoms with Crippen molar-refractivity contribution in [2.75, 3.05) is 18.8 Å². The van der Waals surface area contributed by atoms with E-state index < -0.39 is 50.1 Å².